The lowest BCUT2D eigenvalue weighted by Crippen LogP contribution is -2.35. The lowest BCUT2D eigenvalue weighted by molar-refractivity contribution is 0.0993. The fourth-order valence-corrected chi connectivity index (χ4v) is 5.02. The molecule has 0 spiro atoms. The van der Waals surface area contributed by atoms with Crippen molar-refractivity contribution in [1.29, 1.82) is 0 Å². The first kappa shape index (κ1) is 21.8. The number of carbonyl (C=O) groups is 2. The van der Waals surface area contributed by atoms with Crippen LogP contribution in [0.2, 0.25) is 0 Å². The zero-order valence-electron chi connectivity index (χ0n) is 17.3. The van der Waals surface area contributed by atoms with E-state index in [2.05, 4.69) is 10.6 Å². The minimum absolute atomic E-state index is 0.166. The quantitative estimate of drug-likeness (QED) is 0.587. The normalized spacial score (nSPS) is 14.6. The van der Waals surface area contributed by atoms with Crippen molar-refractivity contribution in [1.82, 2.24) is 4.31 Å². The van der Waals surface area contributed by atoms with E-state index in [1.54, 1.807) is 48.5 Å². The molecular weight excluding hydrogens is 430 g/mol. The largest absolute Gasteiger partial charge is 0.459 e. The zero-order chi connectivity index (χ0) is 22.6. The Balaban J connectivity index is 1.42. The van der Waals surface area contributed by atoms with Crippen LogP contribution in [0.1, 0.15) is 40.2 Å². The van der Waals surface area contributed by atoms with Crippen molar-refractivity contribution in [3.8, 4) is 0 Å². The molecule has 166 valence electrons. The first-order valence-corrected chi connectivity index (χ1v) is 11.7. The number of benzene rings is 2. The van der Waals surface area contributed by atoms with Gasteiger partial charge in [0.15, 0.2) is 5.76 Å². The molecule has 1 aromatic heterocycles. The highest BCUT2D eigenvalue weighted by Gasteiger charge is 2.25. The number of sulfonamides is 1. The number of rotatable bonds is 6. The Morgan fingerprint density at radius 1 is 0.812 bits per heavy atom. The molecule has 32 heavy (non-hydrogen) atoms. The third-order valence-corrected chi connectivity index (χ3v) is 7.11. The van der Waals surface area contributed by atoms with Crippen molar-refractivity contribution in [2.75, 3.05) is 23.7 Å². The monoisotopic (exact) mass is 453 g/mol. The van der Waals surface area contributed by atoms with Crippen LogP contribution in [0, 0.1) is 0 Å². The van der Waals surface area contributed by atoms with E-state index < -0.39 is 15.9 Å². The Bertz CT molecular complexity index is 1200. The molecular formula is C23H23N3O5S. The standard InChI is InChI=1S/C23H23N3O5S/c27-22(17-6-4-7-19(16-17)25-23(28)21-8-5-15-31-21)24-18-9-11-20(12-10-18)32(29,30)26-13-2-1-3-14-26/h4-12,15-16H,1-3,13-14H2,(H,24,27)(H,25,28). The average molecular weight is 454 g/mol. The van der Waals surface area contributed by atoms with Crippen LogP contribution >= 0.6 is 0 Å². The van der Waals surface area contributed by atoms with Crippen molar-refractivity contribution < 1.29 is 22.4 Å². The summed E-state index contributed by atoms with van der Waals surface area (Å²) in [4.78, 5) is 25.0. The number of hydrogen-bond acceptors (Lipinski definition) is 5. The maximum atomic E-state index is 12.8. The van der Waals surface area contributed by atoms with Gasteiger partial charge in [-0.05, 0) is 67.4 Å². The van der Waals surface area contributed by atoms with E-state index in [0.29, 0.717) is 30.0 Å². The van der Waals surface area contributed by atoms with E-state index in [9.17, 15) is 18.0 Å². The maximum Gasteiger partial charge on any atom is 0.291 e. The Labute approximate surface area is 186 Å². The van der Waals surface area contributed by atoms with E-state index in [0.717, 1.165) is 19.3 Å². The second-order valence-corrected chi connectivity index (χ2v) is 9.39. The Hall–Kier alpha value is -3.43. The summed E-state index contributed by atoms with van der Waals surface area (Å²) in [6, 6.07) is 15.8. The SMILES string of the molecule is O=C(Nc1ccc(S(=O)(=O)N2CCCCC2)cc1)c1cccc(NC(=O)c2ccco2)c1. The van der Waals surface area contributed by atoms with Gasteiger partial charge in [-0.15, -0.1) is 0 Å². The molecule has 1 saturated heterocycles. The molecule has 0 atom stereocenters. The molecule has 0 radical (unpaired) electrons. The molecule has 2 heterocycles. The lowest BCUT2D eigenvalue weighted by Gasteiger charge is -2.25. The summed E-state index contributed by atoms with van der Waals surface area (Å²) in [6.07, 6.45) is 4.19. The molecule has 0 aliphatic carbocycles. The molecule has 0 saturated carbocycles. The molecule has 2 N–H and O–H groups in total. The van der Waals surface area contributed by atoms with Gasteiger partial charge in [-0.25, -0.2) is 8.42 Å². The highest BCUT2D eigenvalue weighted by atomic mass is 32.2. The Kier molecular flexibility index (Phi) is 6.38. The average Bonchev–Trinajstić information content (AvgIpc) is 3.35. The van der Waals surface area contributed by atoms with E-state index in [-0.39, 0.29) is 16.6 Å². The maximum absolute atomic E-state index is 12.8. The molecule has 1 fully saturated rings. The summed E-state index contributed by atoms with van der Waals surface area (Å²) < 4.78 is 32.1. The van der Waals surface area contributed by atoms with E-state index in [4.69, 9.17) is 4.42 Å². The van der Waals surface area contributed by atoms with E-state index in [1.807, 2.05) is 0 Å². The van der Waals surface area contributed by atoms with Crippen LogP contribution in [-0.4, -0.2) is 37.6 Å². The lowest BCUT2D eigenvalue weighted by atomic mass is 10.1. The van der Waals surface area contributed by atoms with Gasteiger partial charge in [0.05, 0.1) is 11.2 Å². The topological polar surface area (TPSA) is 109 Å². The van der Waals surface area contributed by atoms with E-state index in [1.165, 1.54) is 22.7 Å². The van der Waals surface area contributed by atoms with E-state index >= 15 is 0 Å². The van der Waals surface area contributed by atoms with Crippen LogP contribution in [-0.2, 0) is 10.0 Å². The van der Waals surface area contributed by atoms with Gasteiger partial charge in [0.25, 0.3) is 11.8 Å². The summed E-state index contributed by atoms with van der Waals surface area (Å²) in [5.41, 5.74) is 1.26. The molecule has 4 rings (SSSR count). The summed E-state index contributed by atoms with van der Waals surface area (Å²) in [5, 5.41) is 5.42. The second kappa shape index (κ2) is 9.37. The molecule has 1 aliphatic heterocycles. The van der Waals surface area contributed by atoms with Crippen molar-refractivity contribution in [2.24, 2.45) is 0 Å². The molecule has 3 aromatic rings. The van der Waals surface area contributed by atoms with Crippen LogP contribution < -0.4 is 10.6 Å². The van der Waals surface area contributed by atoms with Gasteiger partial charge in [-0.3, -0.25) is 9.59 Å². The van der Waals surface area contributed by atoms with Crippen molar-refractivity contribution in [3.05, 3.63) is 78.3 Å². The summed E-state index contributed by atoms with van der Waals surface area (Å²) in [5.74, 6) is -0.636. The van der Waals surface area contributed by atoms with Crippen LogP contribution in [0.4, 0.5) is 11.4 Å². The van der Waals surface area contributed by atoms with Crippen molar-refractivity contribution in [3.63, 3.8) is 0 Å². The number of hydrogen-bond donors (Lipinski definition) is 2. The minimum Gasteiger partial charge on any atom is -0.459 e. The number of piperidine rings is 1. The third kappa shape index (κ3) is 4.90. The molecule has 1 aliphatic rings. The highest BCUT2D eigenvalue weighted by molar-refractivity contribution is 7.89. The molecule has 2 amide bonds. The van der Waals surface area contributed by atoms with Gasteiger partial charge < -0.3 is 15.1 Å². The van der Waals surface area contributed by atoms with Gasteiger partial charge >= 0.3 is 0 Å². The van der Waals surface area contributed by atoms with Crippen LogP contribution in [0.5, 0.6) is 0 Å². The smallest absolute Gasteiger partial charge is 0.291 e. The zero-order valence-corrected chi connectivity index (χ0v) is 18.1. The number of carbonyl (C=O) groups excluding carboxylic acids is 2. The number of nitrogens with zero attached hydrogens (tertiary/aromatic N) is 1. The Morgan fingerprint density at radius 2 is 1.53 bits per heavy atom. The molecule has 0 bridgehead atoms. The van der Waals surface area contributed by atoms with Gasteiger partial charge in [-0.2, -0.15) is 4.31 Å². The van der Waals surface area contributed by atoms with Gasteiger partial charge in [-0.1, -0.05) is 12.5 Å². The fourth-order valence-electron chi connectivity index (χ4n) is 3.51. The summed E-state index contributed by atoms with van der Waals surface area (Å²) in [6.45, 7) is 1.07. The van der Waals surface area contributed by atoms with Gasteiger partial charge in [0, 0.05) is 30.0 Å². The second-order valence-electron chi connectivity index (χ2n) is 7.46. The van der Waals surface area contributed by atoms with Gasteiger partial charge in [0.2, 0.25) is 10.0 Å². The summed E-state index contributed by atoms with van der Waals surface area (Å²) in [7, 11) is -3.52. The first-order chi connectivity index (χ1) is 15.4. The Morgan fingerprint density at radius 3 is 2.22 bits per heavy atom. The van der Waals surface area contributed by atoms with Crippen LogP contribution in [0.3, 0.4) is 0 Å². The predicted molar refractivity (Wildman–Crippen MR) is 120 cm³/mol. The first-order valence-electron chi connectivity index (χ1n) is 10.3. The van der Waals surface area contributed by atoms with Crippen LogP contribution in [0.25, 0.3) is 0 Å². The predicted octanol–water partition coefficient (Wildman–Crippen LogP) is 3.96. The van der Waals surface area contributed by atoms with Crippen LogP contribution in [0.15, 0.2) is 76.2 Å². The number of furan rings is 1. The molecule has 2 aromatic carbocycles. The fraction of sp³-hybridized carbons (Fsp3) is 0.217. The minimum atomic E-state index is -3.52. The number of amides is 2. The van der Waals surface area contributed by atoms with Crippen molar-refractivity contribution in [2.45, 2.75) is 24.2 Å². The summed E-state index contributed by atoms with van der Waals surface area (Å²) >= 11 is 0. The van der Waals surface area contributed by atoms with Crippen molar-refractivity contribution >= 4 is 33.2 Å². The number of nitrogens with one attached hydrogen (secondary N) is 2. The third-order valence-electron chi connectivity index (χ3n) is 5.19. The molecule has 0 unspecified atom stereocenters. The molecule has 8 nitrogen and oxygen atoms in total. The highest BCUT2D eigenvalue weighted by Crippen LogP contribution is 2.22. The number of anilines is 2. The van der Waals surface area contributed by atoms with Gasteiger partial charge in [0.1, 0.15) is 0 Å². The molecule has 9 heteroatoms.